The molecule has 1 aliphatic rings. The summed E-state index contributed by atoms with van der Waals surface area (Å²) in [5, 5.41) is 5.71. The highest BCUT2D eigenvalue weighted by Crippen LogP contribution is 2.29. The first-order valence-corrected chi connectivity index (χ1v) is 11.8. The van der Waals surface area contributed by atoms with Gasteiger partial charge in [-0.2, -0.15) is 13.2 Å². The molecule has 180 valence electrons. The fraction of sp³-hybridized carbons (Fsp3) is 0.375. The van der Waals surface area contributed by atoms with Gasteiger partial charge in [0.1, 0.15) is 23.2 Å². The minimum absolute atomic E-state index is 0.0150. The van der Waals surface area contributed by atoms with E-state index < -0.39 is 11.7 Å². The van der Waals surface area contributed by atoms with Crippen LogP contribution in [0.25, 0.3) is 0 Å². The molecule has 0 saturated carbocycles. The van der Waals surface area contributed by atoms with E-state index in [-0.39, 0.29) is 18.4 Å². The lowest BCUT2D eigenvalue weighted by atomic mass is 10.0. The number of carbonyl (C=O) groups excluding carboxylic acids is 1. The lowest BCUT2D eigenvalue weighted by Crippen LogP contribution is -2.45. The summed E-state index contributed by atoms with van der Waals surface area (Å²) in [6.07, 6.45) is -1.95. The predicted molar refractivity (Wildman–Crippen MR) is 124 cm³/mol. The Balaban J connectivity index is 1.20. The van der Waals surface area contributed by atoms with E-state index in [1.165, 1.54) is 17.4 Å². The van der Waals surface area contributed by atoms with Crippen LogP contribution in [0.15, 0.2) is 48.0 Å². The van der Waals surface area contributed by atoms with Crippen molar-refractivity contribution in [3.8, 4) is 5.75 Å². The van der Waals surface area contributed by atoms with Crippen LogP contribution in [0.3, 0.4) is 0 Å². The number of alkyl halides is 3. The summed E-state index contributed by atoms with van der Waals surface area (Å²) in [6.45, 7) is 3.59. The first kappa shape index (κ1) is 24.0. The number of piperidine rings is 1. The van der Waals surface area contributed by atoms with Crippen LogP contribution >= 0.6 is 11.3 Å². The number of aromatic nitrogens is 2. The van der Waals surface area contributed by atoms with E-state index in [1.807, 2.05) is 41.5 Å². The quantitative estimate of drug-likeness (QED) is 0.517. The third-order valence-corrected chi connectivity index (χ3v) is 6.45. The number of hydrogen-bond acceptors (Lipinski definition) is 6. The zero-order chi connectivity index (χ0) is 24.1. The molecule has 34 heavy (non-hydrogen) atoms. The zero-order valence-electron chi connectivity index (χ0n) is 18.6. The summed E-state index contributed by atoms with van der Waals surface area (Å²) in [7, 11) is 0. The molecule has 2 aromatic heterocycles. The number of nitrogens with one attached hydrogen (secondary N) is 1. The number of rotatable bonds is 7. The Hall–Kier alpha value is -3.14. The van der Waals surface area contributed by atoms with Crippen LogP contribution in [-0.2, 0) is 24.0 Å². The molecule has 0 bridgehead atoms. The highest BCUT2D eigenvalue weighted by Gasteiger charge is 2.31. The lowest BCUT2D eigenvalue weighted by molar-refractivity contribution is -0.137. The van der Waals surface area contributed by atoms with Gasteiger partial charge in [0.15, 0.2) is 0 Å². The summed E-state index contributed by atoms with van der Waals surface area (Å²) in [4.78, 5) is 22.8. The maximum atomic E-state index is 12.7. The lowest BCUT2D eigenvalue weighted by Gasteiger charge is -2.33. The number of amides is 1. The second-order valence-corrected chi connectivity index (χ2v) is 9.19. The summed E-state index contributed by atoms with van der Waals surface area (Å²) in [5.74, 6) is 1.20. The Morgan fingerprint density at radius 2 is 1.91 bits per heavy atom. The Kier molecular flexibility index (Phi) is 7.35. The number of halogens is 3. The number of aryl methyl sites for hydroxylation is 1. The molecule has 1 aromatic carbocycles. The van der Waals surface area contributed by atoms with Crippen molar-refractivity contribution in [2.24, 2.45) is 0 Å². The third kappa shape index (κ3) is 6.47. The Labute approximate surface area is 199 Å². The molecule has 1 saturated heterocycles. The highest BCUT2D eigenvalue weighted by molar-refractivity contribution is 7.09. The topological polar surface area (TPSA) is 67.3 Å². The average Bonchev–Trinajstić information content (AvgIpc) is 3.26. The fourth-order valence-electron chi connectivity index (χ4n) is 3.71. The van der Waals surface area contributed by atoms with Crippen LogP contribution in [0.1, 0.15) is 34.7 Å². The third-order valence-electron chi connectivity index (χ3n) is 5.58. The monoisotopic (exact) mass is 490 g/mol. The van der Waals surface area contributed by atoms with E-state index >= 15 is 0 Å². The second kappa shape index (κ2) is 10.4. The Bertz CT molecular complexity index is 1090. The van der Waals surface area contributed by atoms with Crippen LogP contribution < -0.4 is 15.0 Å². The molecular formula is C24H25F3N4O2S. The van der Waals surface area contributed by atoms with E-state index in [0.717, 1.165) is 28.6 Å². The first-order valence-electron chi connectivity index (χ1n) is 11.0. The van der Waals surface area contributed by atoms with Crippen molar-refractivity contribution in [3.63, 3.8) is 0 Å². The first-order chi connectivity index (χ1) is 16.3. The summed E-state index contributed by atoms with van der Waals surface area (Å²) >= 11 is 1.46. The fourth-order valence-corrected chi connectivity index (χ4v) is 4.42. The highest BCUT2D eigenvalue weighted by atomic mass is 32.1. The number of benzene rings is 1. The maximum absolute atomic E-state index is 12.7. The number of anilines is 1. The molecule has 10 heteroatoms. The summed E-state index contributed by atoms with van der Waals surface area (Å²) in [6, 6.07) is 10.2. The normalized spacial score (nSPS) is 14.8. The van der Waals surface area contributed by atoms with Crippen LogP contribution in [0, 0.1) is 6.92 Å². The van der Waals surface area contributed by atoms with E-state index in [1.54, 1.807) is 0 Å². The molecule has 1 N–H and O–H groups in total. The molecular weight excluding hydrogens is 465 g/mol. The number of pyridine rings is 1. The van der Waals surface area contributed by atoms with Gasteiger partial charge in [-0.3, -0.25) is 4.79 Å². The summed E-state index contributed by atoms with van der Waals surface area (Å²) in [5.41, 5.74) is 1.11. The van der Waals surface area contributed by atoms with Gasteiger partial charge < -0.3 is 15.0 Å². The van der Waals surface area contributed by atoms with Crippen molar-refractivity contribution in [1.29, 1.82) is 0 Å². The van der Waals surface area contributed by atoms with Gasteiger partial charge in [-0.05, 0) is 44.0 Å². The van der Waals surface area contributed by atoms with Gasteiger partial charge in [-0.15, -0.1) is 11.3 Å². The molecule has 0 spiro atoms. The van der Waals surface area contributed by atoms with E-state index in [4.69, 9.17) is 4.74 Å². The second-order valence-electron chi connectivity index (χ2n) is 8.24. The molecule has 3 aromatic rings. The zero-order valence-corrected chi connectivity index (χ0v) is 19.5. The molecule has 1 amide bonds. The predicted octanol–water partition coefficient (Wildman–Crippen LogP) is 4.77. The number of nitrogens with zero attached hydrogens (tertiary/aromatic N) is 3. The van der Waals surface area contributed by atoms with Gasteiger partial charge in [0, 0.05) is 30.7 Å². The van der Waals surface area contributed by atoms with Crippen LogP contribution in [0.5, 0.6) is 5.75 Å². The smallest absolute Gasteiger partial charge is 0.417 e. The molecule has 4 rings (SSSR count). The van der Waals surface area contributed by atoms with Crippen molar-refractivity contribution in [2.75, 3.05) is 18.0 Å². The van der Waals surface area contributed by atoms with Crippen molar-refractivity contribution in [1.82, 2.24) is 15.3 Å². The molecule has 0 atom stereocenters. The summed E-state index contributed by atoms with van der Waals surface area (Å²) < 4.78 is 43.9. The van der Waals surface area contributed by atoms with Crippen molar-refractivity contribution in [3.05, 3.63) is 69.8 Å². The maximum Gasteiger partial charge on any atom is 0.417 e. The average molecular weight is 491 g/mol. The molecule has 1 fully saturated rings. The molecule has 0 radical (unpaired) electrons. The number of hydrogen-bond donors (Lipinski definition) is 1. The van der Waals surface area contributed by atoms with Crippen molar-refractivity contribution < 1.29 is 22.7 Å². The molecule has 6 nitrogen and oxygen atoms in total. The Morgan fingerprint density at radius 3 is 2.56 bits per heavy atom. The van der Waals surface area contributed by atoms with Gasteiger partial charge in [-0.1, -0.05) is 17.7 Å². The van der Waals surface area contributed by atoms with E-state index in [0.29, 0.717) is 44.0 Å². The molecule has 1 aliphatic heterocycles. The van der Waals surface area contributed by atoms with Crippen molar-refractivity contribution >= 4 is 23.1 Å². The van der Waals surface area contributed by atoms with Gasteiger partial charge in [0.05, 0.1) is 17.7 Å². The minimum Gasteiger partial charge on any atom is -0.486 e. The van der Waals surface area contributed by atoms with Crippen LogP contribution in [0.2, 0.25) is 0 Å². The largest absolute Gasteiger partial charge is 0.486 e. The number of ether oxygens (including phenoxy) is 1. The Morgan fingerprint density at radius 1 is 1.18 bits per heavy atom. The number of carbonyl (C=O) groups is 1. The standard InChI is InChI=1S/C24H25F3N4O2S/c1-16-2-5-20(6-3-16)33-14-23-30-19(15-34-23)12-22(32)29-18-8-10-31(11-9-18)21-7-4-17(13-28-21)24(25,26)27/h2-7,13,15,18H,8-12,14H2,1H3,(H,29,32). The van der Waals surface area contributed by atoms with Gasteiger partial charge in [0.2, 0.25) is 5.91 Å². The van der Waals surface area contributed by atoms with Gasteiger partial charge in [-0.25, -0.2) is 9.97 Å². The molecule has 3 heterocycles. The van der Waals surface area contributed by atoms with Crippen LogP contribution in [0.4, 0.5) is 19.0 Å². The minimum atomic E-state index is -4.39. The molecule has 0 unspecified atom stereocenters. The van der Waals surface area contributed by atoms with E-state index in [9.17, 15) is 18.0 Å². The molecule has 0 aliphatic carbocycles. The number of thiazole rings is 1. The van der Waals surface area contributed by atoms with E-state index in [2.05, 4.69) is 15.3 Å². The SMILES string of the molecule is Cc1ccc(OCc2nc(CC(=O)NC3CCN(c4ccc(C(F)(F)F)cn4)CC3)cs2)cc1. The van der Waals surface area contributed by atoms with Gasteiger partial charge >= 0.3 is 6.18 Å². The van der Waals surface area contributed by atoms with Crippen molar-refractivity contribution in [2.45, 2.75) is 45.0 Å². The van der Waals surface area contributed by atoms with Crippen LogP contribution in [-0.4, -0.2) is 35.0 Å². The van der Waals surface area contributed by atoms with Gasteiger partial charge in [0.25, 0.3) is 0 Å².